The summed E-state index contributed by atoms with van der Waals surface area (Å²) in [7, 11) is 0. The molecule has 1 aliphatic heterocycles. The van der Waals surface area contributed by atoms with E-state index in [1.54, 1.807) is 0 Å². The van der Waals surface area contributed by atoms with E-state index in [1.807, 2.05) is 0 Å². The van der Waals surface area contributed by atoms with Gasteiger partial charge in [0.15, 0.2) is 0 Å². The number of hydrogen-bond acceptors (Lipinski definition) is 2. The monoisotopic (exact) mass is 195 g/mol. The predicted octanol–water partition coefficient (Wildman–Crippen LogP) is 2.28. The Morgan fingerprint density at radius 3 is 2.71 bits per heavy atom. The fourth-order valence-electron chi connectivity index (χ4n) is 2.93. The van der Waals surface area contributed by atoms with Crippen molar-refractivity contribution in [1.82, 2.24) is 5.32 Å². The van der Waals surface area contributed by atoms with Gasteiger partial charge in [0, 0.05) is 24.4 Å². The lowest BCUT2D eigenvalue weighted by Gasteiger charge is -2.35. The van der Waals surface area contributed by atoms with Crippen LogP contribution in [0.4, 0.5) is 0 Å². The third-order valence-electron chi connectivity index (χ3n) is 3.74. The highest BCUT2D eigenvalue weighted by Crippen LogP contribution is 2.28. The Bertz CT molecular complexity index is 214. The highest BCUT2D eigenvalue weighted by atomic mass is 16.1. The van der Waals surface area contributed by atoms with E-state index in [1.165, 1.54) is 25.7 Å². The minimum absolute atomic E-state index is 0.339. The lowest BCUT2D eigenvalue weighted by molar-refractivity contribution is -0.125. The summed E-state index contributed by atoms with van der Waals surface area (Å²) in [4.78, 5) is 11.8. The Hall–Kier alpha value is -0.370. The lowest BCUT2D eigenvalue weighted by Crippen LogP contribution is -2.48. The van der Waals surface area contributed by atoms with Crippen molar-refractivity contribution in [2.75, 3.05) is 0 Å². The van der Waals surface area contributed by atoms with Crippen LogP contribution in [0, 0.1) is 5.92 Å². The summed E-state index contributed by atoms with van der Waals surface area (Å²) in [5.74, 6) is 0.856. The van der Waals surface area contributed by atoms with Crippen LogP contribution in [0.5, 0.6) is 0 Å². The molecule has 1 saturated heterocycles. The Morgan fingerprint density at radius 2 is 2.00 bits per heavy atom. The van der Waals surface area contributed by atoms with Crippen molar-refractivity contribution in [1.29, 1.82) is 0 Å². The third-order valence-corrected chi connectivity index (χ3v) is 3.74. The van der Waals surface area contributed by atoms with E-state index < -0.39 is 0 Å². The Balaban J connectivity index is 1.94. The van der Waals surface area contributed by atoms with Crippen LogP contribution >= 0.6 is 0 Å². The summed E-state index contributed by atoms with van der Waals surface area (Å²) < 4.78 is 0. The molecule has 1 N–H and O–H groups in total. The summed E-state index contributed by atoms with van der Waals surface area (Å²) in [6, 6.07) is 1.11. The maximum absolute atomic E-state index is 11.8. The Kier molecular flexibility index (Phi) is 3.22. The van der Waals surface area contributed by atoms with Crippen LogP contribution in [-0.2, 0) is 4.79 Å². The van der Waals surface area contributed by atoms with Crippen LogP contribution in [0.1, 0.15) is 51.9 Å². The van der Waals surface area contributed by atoms with Gasteiger partial charge < -0.3 is 5.32 Å². The van der Waals surface area contributed by atoms with Crippen LogP contribution in [0.15, 0.2) is 0 Å². The van der Waals surface area contributed by atoms with Crippen molar-refractivity contribution in [2.45, 2.75) is 64.0 Å². The molecule has 0 radical (unpaired) electrons. The molecule has 2 rings (SSSR count). The molecule has 2 fully saturated rings. The first kappa shape index (κ1) is 10.2. The van der Waals surface area contributed by atoms with Gasteiger partial charge in [0.05, 0.1) is 0 Å². The second-order valence-electron chi connectivity index (χ2n) is 4.92. The predicted molar refractivity (Wildman–Crippen MR) is 57.2 cm³/mol. The maximum atomic E-state index is 11.8. The van der Waals surface area contributed by atoms with Gasteiger partial charge in [0.2, 0.25) is 0 Å². The topological polar surface area (TPSA) is 29.1 Å². The lowest BCUT2D eigenvalue weighted by atomic mass is 9.79. The SMILES string of the molecule is CC1CCCC(C2CCCCC2=O)N1. The van der Waals surface area contributed by atoms with E-state index in [2.05, 4.69) is 12.2 Å². The summed E-state index contributed by atoms with van der Waals surface area (Å²) >= 11 is 0. The van der Waals surface area contributed by atoms with E-state index in [0.29, 0.717) is 23.8 Å². The molecule has 0 spiro atoms. The first-order valence-electron chi connectivity index (χ1n) is 6.06. The number of hydrogen-bond donors (Lipinski definition) is 1. The van der Waals surface area contributed by atoms with Gasteiger partial charge in [-0.1, -0.05) is 12.8 Å². The van der Waals surface area contributed by atoms with Gasteiger partial charge in [-0.3, -0.25) is 4.79 Å². The molecule has 0 aromatic heterocycles. The largest absolute Gasteiger partial charge is 0.311 e. The van der Waals surface area contributed by atoms with Crippen molar-refractivity contribution in [3.05, 3.63) is 0 Å². The fourth-order valence-corrected chi connectivity index (χ4v) is 2.93. The van der Waals surface area contributed by atoms with Crippen molar-refractivity contribution >= 4 is 5.78 Å². The third kappa shape index (κ3) is 2.17. The maximum Gasteiger partial charge on any atom is 0.137 e. The number of Topliss-reactive ketones (excluding diaryl/α,β-unsaturated/α-hetero) is 1. The first-order chi connectivity index (χ1) is 6.77. The Morgan fingerprint density at radius 1 is 1.14 bits per heavy atom. The second-order valence-corrected chi connectivity index (χ2v) is 4.92. The van der Waals surface area contributed by atoms with Crippen molar-refractivity contribution in [3.8, 4) is 0 Å². The van der Waals surface area contributed by atoms with Crippen molar-refractivity contribution < 1.29 is 4.79 Å². The molecule has 0 bridgehead atoms. The molecular formula is C12H21NO. The normalized spacial score (nSPS) is 39.8. The van der Waals surface area contributed by atoms with Gasteiger partial charge in [0.1, 0.15) is 5.78 Å². The summed E-state index contributed by atoms with van der Waals surface area (Å²) in [6.45, 7) is 2.24. The molecule has 80 valence electrons. The van der Waals surface area contributed by atoms with Crippen LogP contribution in [0.2, 0.25) is 0 Å². The second kappa shape index (κ2) is 4.43. The molecular weight excluding hydrogens is 174 g/mol. The van der Waals surface area contributed by atoms with Gasteiger partial charge in [-0.05, 0) is 32.6 Å². The fraction of sp³-hybridized carbons (Fsp3) is 0.917. The smallest absolute Gasteiger partial charge is 0.137 e. The average molecular weight is 195 g/mol. The summed E-state index contributed by atoms with van der Waals surface area (Å²) in [5.41, 5.74) is 0. The standard InChI is InChI=1S/C12H21NO/c1-9-5-4-7-11(13-9)10-6-2-3-8-12(10)14/h9-11,13H,2-8H2,1H3. The molecule has 3 atom stereocenters. The molecule has 14 heavy (non-hydrogen) atoms. The first-order valence-corrected chi connectivity index (χ1v) is 6.06. The molecule has 0 aromatic rings. The van der Waals surface area contributed by atoms with Crippen LogP contribution < -0.4 is 5.32 Å². The zero-order valence-corrected chi connectivity index (χ0v) is 9.09. The van der Waals surface area contributed by atoms with E-state index in [9.17, 15) is 4.79 Å². The zero-order chi connectivity index (χ0) is 9.97. The quantitative estimate of drug-likeness (QED) is 0.695. The molecule has 1 saturated carbocycles. The minimum atomic E-state index is 0.339. The highest BCUT2D eigenvalue weighted by molar-refractivity contribution is 5.82. The molecule has 1 heterocycles. The van der Waals surface area contributed by atoms with Crippen molar-refractivity contribution in [2.24, 2.45) is 5.92 Å². The number of carbonyl (C=O) groups excluding carboxylic acids is 1. The van der Waals surface area contributed by atoms with Crippen LogP contribution in [-0.4, -0.2) is 17.9 Å². The minimum Gasteiger partial charge on any atom is -0.311 e. The van der Waals surface area contributed by atoms with E-state index >= 15 is 0 Å². The van der Waals surface area contributed by atoms with Gasteiger partial charge in [-0.15, -0.1) is 0 Å². The average Bonchev–Trinajstić information content (AvgIpc) is 2.18. The number of rotatable bonds is 1. The highest BCUT2D eigenvalue weighted by Gasteiger charge is 2.32. The Labute approximate surface area is 86.5 Å². The van der Waals surface area contributed by atoms with Crippen LogP contribution in [0.3, 0.4) is 0 Å². The van der Waals surface area contributed by atoms with E-state index in [0.717, 1.165) is 19.3 Å². The number of ketones is 1. The molecule has 3 unspecified atom stereocenters. The zero-order valence-electron chi connectivity index (χ0n) is 9.09. The molecule has 2 aliphatic rings. The van der Waals surface area contributed by atoms with E-state index in [4.69, 9.17) is 0 Å². The van der Waals surface area contributed by atoms with Gasteiger partial charge >= 0.3 is 0 Å². The number of nitrogens with one attached hydrogen (secondary N) is 1. The van der Waals surface area contributed by atoms with Crippen molar-refractivity contribution in [3.63, 3.8) is 0 Å². The van der Waals surface area contributed by atoms with Gasteiger partial charge in [-0.25, -0.2) is 0 Å². The van der Waals surface area contributed by atoms with Gasteiger partial charge in [-0.2, -0.15) is 0 Å². The number of piperidine rings is 1. The summed E-state index contributed by atoms with van der Waals surface area (Å²) in [5, 5.41) is 3.60. The molecule has 2 nitrogen and oxygen atoms in total. The van der Waals surface area contributed by atoms with Crippen LogP contribution in [0.25, 0.3) is 0 Å². The van der Waals surface area contributed by atoms with E-state index in [-0.39, 0.29) is 0 Å². The molecule has 0 amide bonds. The molecule has 2 heteroatoms. The molecule has 0 aromatic carbocycles. The molecule has 1 aliphatic carbocycles. The number of carbonyl (C=O) groups is 1. The van der Waals surface area contributed by atoms with Gasteiger partial charge in [0.25, 0.3) is 0 Å². The summed E-state index contributed by atoms with van der Waals surface area (Å²) in [6.07, 6.45) is 8.11.